The first-order valence-corrected chi connectivity index (χ1v) is 16.1. The molecule has 1 aromatic rings. The Morgan fingerprint density at radius 2 is 1.08 bits per heavy atom. The molecule has 3 heteroatoms. The lowest BCUT2D eigenvalue weighted by atomic mass is 10.0. The molecule has 2 rings (SSSR count). The van der Waals surface area contributed by atoms with Gasteiger partial charge in [-0.25, -0.2) is 4.79 Å². The summed E-state index contributed by atoms with van der Waals surface area (Å²) in [5.41, 5.74) is 2.48. The Kier molecular flexibility index (Phi) is 18.0. The number of amides is 2. The number of urea groups is 1. The number of fused-ring (bicyclic) bond motifs is 1. The van der Waals surface area contributed by atoms with Crippen LogP contribution in [0.3, 0.4) is 0 Å². The Morgan fingerprint density at radius 3 is 1.57 bits per heavy atom. The fourth-order valence-corrected chi connectivity index (χ4v) is 5.44. The molecule has 1 heterocycles. The van der Waals surface area contributed by atoms with Gasteiger partial charge in [-0.15, -0.1) is 0 Å². The molecule has 210 valence electrons. The van der Waals surface area contributed by atoms with E-state index in [1.807, 2.05) is 11.1 Å². The summed E-state index contributed by atoms with van der Waals surface area (Å²) in [7, 11) is 0. The van der Waals surface area contributed by atoms with Crippen LogP contribution in [0.15, 0.2) is 30.5 Å². The van der Waals surface area contributed by atoms with Gasteiger partial charge in [-0.1, -0.05) is 154 Å². The summed E-state index contributed by atoms with van der Waals surface area (Å²) in [5.74, 6) is 0. The van der Waals surface area contributed by atoms with Crippen LogP contribution in [0.1, 0.15) is 153 Å². The quantitative estimate of drug-likeness (QED) is 0.142. The fraction of sp³-hybridized carbons (Fsp3) is 0.735. The van der Waals surface area contributed by atoms with Crippen LogP contribution >= 0.6 is 0 Å². The van der Waals surface area contributed by atoms with Crippen molar-refractivity contribution in [3.05, 3.63) is 41.6 Å². The van der Waals surface area contributed by atoms with E-state index in [1.165, 1.54) is 127 Å². The minimum atomic E-state index is 0.192. The third-order valence-electron chi connectivity index (χ3n) is 7.91. The first-order valence-electron chi connectivity index (χ1n) is 16.1. The van der Waals surface area contributed by atoms with Crippen molar-refractivity contribution in [2.75, 3.05) is 13.1 Å². The number of nitrogens with zero attached hydrogens (tertiary/aromatic N) is 2. The summed E-state index contributed by atoms with van der Waals surface area (Å²) in [6, 6.07) is 8.63. The van der Waals surface area contributed by atoms with Crippen LogP contribution in [0.5, 0.6) is 0 Å². The van der Waals surface area contributed by atoms with E-state index in [0.717, 1.165) is 25.9 Å². The lowest BCUT2D eigenvalue weighted by Gasteiger charge is -2.31. The van der Waals surface area contributed by atoms with Gasteiger partial charge in [0.15, 0.2) is 0 Å². The highest BCUT2D eigenvalue weighted by Gasteiger charge is 2.21. The maximum absolute atomic E-state index is 13.5. The highest BCUT2D eigenvalue weighted by Crippen LogP contribution is 2.21. The van der Waals surface area contributed by atoms with E-state index in [2.05, 4.69) is 49.1 Å². The second-order valence-electron chi connectivity index (χ2n) is 11.3. The average Bonchev–Trinajstić information content (AvgIpc) is 2.93. The van der Waals surface area contributed by atoms with Crippen LogP contribution in [0, 0.1) is 0 Å². The molecule has 0 fully saturated rings. The number of carbonyl (C=O) groups is 1. The Labute approximate surface area is 230 Å². The van der Waals surface area contributed by atoms with Crippen molar-refractivity contribution in [3.8, 4) is 0 Å². The zero-order chi connectivity index (χ0) is 26.4. The molecule has 0 aromatic heterocycles. The van der Waals surface area contributed by atoms with E-state index in [9.17, 15) is 4.79 Å². The molecule has 0 bridgehead atoms. The van der Waals surface area contributed by atoms with Crippen LogP contribution in [-0.4, -0.2) is 28.9 Å². The second-order valence-corrected chi connectivity index (χ2v) is 11.3. The number of benzene rings is 1. The largest absolute Gasteiger partial charge is 0.324 e. The topological polar surface area (TPSA) is 23.6 Å². The van der Waals surface area contributed by atoms with Gasteiger partial charge < -0.3 is 4.90 Å². The minimum Gasteiger partial charge on any atom is -0.324 e. The Bertz CT molecular complexity index is 704. The molecule has 0 unspecified atom stereocenters. The molecule has 0 aliphatic carbocycles. The first kappa shape index (κ1) is 31.4. The third kappa shape index (κ3) is 14.1. The van der Waals surface area contributed by atoms with Crippen LogP contribution in [0.2, 0.25) is 0 Å². The van der Waals surface area contributed by atoms with Gasteiger partial charge in [-0.05, 0) is 30.0 Å². The fourth-order valence-electron chi connectivity index (χ4n) is 5.44. The summed E-state index contributed by atoms with van der Waals surface area (Å²) in [6.07, 6.45) is 30.8. The van der Waals surface area contributed by atoms with Gasteiger partial charge in [-0.2, -0.15) is 0 Å². The summed E-state index contributed by atoms with van der Waals surface area (Å²) in [4.78, 5) is 17.6. The Hall–Kier alpha value is -1.77. The van der Waals surface area contributed by atoms with Gasteiger partial charge in [-0.3, -0.25) is 4.90 Å². The van der Waals surface area contributed by atoms with Crippen molar-refractivity contribution in [1.29, 1.82) is 0 Å². The maximum Gasteiger partial charge on any atom is 0.324 e. The molecule has 0 N–H and O–H groups in total. The average molecular weight is 511 g/mol. The lowest BCUT2D eigenvalue weighted by molar-refractivity contribution is 0.164. The Balaban J connectivity index is 1.69. The highest BCUT2D eigenvalue weighted by atomic mass is 16.2. The number of unbranched alkanes of at least 4 members (excludes halogenated alkanes) is 18. The molecule has 3 nitrogen and oxygen atoms in total. The van der Waals surface area contributed by atoms with E-state index >= 15 is 0 Å². The van der Waals surface area contributed by atoms with Crippen LogP contribution < -0.4 is 0 Å². The second kappa shape index (κ2) is 21.2. The third-order valence-corrected chi connectivity index (χ3v) is 7.91. The molecule has 0 saturated heterocycles. The molecule has 1 aliphatic rings. The molecule has 0 spiro atoms. The molecule has 0 saturated carbocycles. The number of carbonyl (C=O) groups excluding carboxylic acids is 1. The number of hydrogen-bond acceptors (Lipinski definition) is 1. The van der Waals surface area contributed by atoms with Crippen molar-refractivity contribution in [2.45, 2.75) is 149 Å². The summed E-state index contributed by atoms with van der Waals surface area (Å²) >= 11 is 0. The van der Waals surface area contributed by atoms with Crippen LogP contribution in [0.4, 0.5) is 4.79 Å². The van der Waals surface area contributed by atoms with E-state index in [1.54, 1.807) is 0 Å². The van der Waals surface area contributed by atoms with Crippen molar-refractivity contribution < 1.29 is 4.79 Å². The summed E-state index contributed by atoms with van der Waals surface area (Å²) < 4.78 is 0. The van der Waals surface area contributed by atoms with E-state index in [0.29, 0.717) is 6.54 Å². The smallest absolute Gasteiger partial charge is 0.324 e. The van der Waals surface area contributed by atoms with Gasteiger partial charge >= 0.3 is 6.03 Å². The van der Waals surface area contributed by atoms with E-state index in [-0.39, 0.29) is 6.03 Å². The molecular formula is C34H58N2O. The minimum absolute atomic E-state index is 0.192. The SMILES string of the molecule is CCCCCCCCCCCCN(CCCCCCCCCCCC)C(=O)N1C=Cc2ccccc2C1. The molecule has 0 radical (unpaired) electrons. The zero-order valence-electron chi connectivity index (χ0n) is 24.5. The van der Waals surface area contributed by atoms with Gasteiger partial charge in [0.25, 0.3) is 0 Å². The Morgan fingerprint density at radius 1 is 0.649 bits per heavy atom. The van der Waals surface area contributed by atoms with Gasteiger partial charge in [0.1, 0.15) is 0 Å². The van der Waals surface area contributed by atoms with Crippen molar-refractivity contribution in [1.82, 2.24) is 9.80 Å². The molecule has 1 aliphatic heterocycles. The molecule has 2 amide bonds. The predicted octanol–water partition coefficient (Wildman–Crippen LogP) is 10.7. The predicted molar refractivity (Wildman–Crippen MR) is 162 cm³/mol. The van der Waals surface area contributed by atoms with Crippen molar-refractivity contribution in [3.63, 3.8) is 0 Å². The highest BCUT2D eigenvalue weighted by molar-refractivity contribution is 5.77. The molecule has 0 atom stereocenters. The van der Waals surface area contributed by atoms with E-state index in [4.69, 9.17) is 0 Å². The number of rotatable bonds is 22. The molecule has 37 heavy (non-hydrogen) atoms. The molecule has 1 aromatic carbocycles. The standard InChI is InChI=1S/C34H58N2O/c1-3-5-7-9-11-13-15-17-19-23-28-35(29-24-20-18-16-14-12-10-8-6-4-2)34(37)36-30-27-32-25-21-22-26-33(32)31-36/h21-22,25-27,30H,3-20,23-24,28-29,31H2,1-2H3. The lowest BCUT2D eigenvalue weighted by Crippen LogP contribution is -2.42. The van der Waals surface area contributed by atoms with Crippen molar-refractivity contribution in [2.24, 2.45) is 0 Å². The summed E-state index contributed by atoms with van der Waals surface area (Å²) in [5, 5.41) is 0. The van der Waals surface area contributed by atoms with Gasteiger partial charge in [0, 0.05) is 19.3 Å². The maximum atomic E-state index is 13.5. The van der Waals surface area contributed by atoms with E-state index < -0.39 is 0 Å². The first-order chi connectivity index (χ1) is 18.3. The summed E-state index contributed by atoms with van der Waals surface area (Å²) in [6.45, 7) is 7.06. The van der Waals surface area contributed by atoms with Gasteiger partial charge in [0.2, 0.25) is 0 Å². The monoisotopic (exact) mass is 510 g/mol. The van der Waals surface area contributed by atoms with Crippen molar-refractivity contribution >= 4 is 12.1 Å². The van der Waals surface area contributed by atoms with Crippen LogP contribution in [-0.2, 0) is 6.54 Å². The van der Waals surface area contributed by atoms with Crippen LogP contribution in [0.25, 0.3) is 6.08 Å². The zero-order valence-corrected chi connectivity index (χ0v) is 24.5. The normalized spacial score (nSPS) is 12.6. The van der Waals surface area contributed by atoms with Gasteiger partial charge in [0.05, 0.1) is 6.54 Å². The number of hydrogen-bond donors (Lipinski definition) is 0. The molecular weight excluding hydrogens is 452 g/mol.